The Morgan fingerprint density at radius 2 is 1.89 bits per heavy atom. The molecule has 0 fully saturated rings. The molecule has 98 valence electrons. The van der Waals surface area contributed by atoms with Crippen molar-refractivity contribution in [3.63, 3.8) is 0 Å². The number of carbonyl (C=O) groups excluding carboxylic acids is 1. The van der Waals surface area contributed by atoms with E-state index in [1.807, 2.05) is 0 Å². The topological polar surface area (TPSA) is 86.5 Å². The Balaban J connectivity index is 2.89. The van der Waals surface area contributed by atoms with E-state index in [-0.39, 0.29) is 16.5 Å². The van der Waals surface area contributed by atoms with Crippen molar-refractivity contribution in [3.8, 4) is 0 Å². The quantitative estimate of drug-likeness (QED) is 0.656. The van der Waals surface area contributed by atoms with Gasteiger partial charge in [-0.05, 0) is 26.0 Å². The fourth-order valence-electron chi connectivity index (χ4n) is 1.26. The molecule has 6 heteroatoms. The molecule has 5 nitrogen and oxygen atoms in total. The van der Waals surface area contributed by atoms with Gasteiger partial charge in [-0.2, -0.15) is 8.42 Å². The maximum Gasteiger partial charge on any atom is 0.349 e. The van der Waals surface area contributed by atoms with Gasteiger partial charge in [-0.1, -0.05) is 24.3 Å². The van der Waals surface area contributed by atoms with E-state index in [0.717, 1.165) is 0 Å². The molecule has 1 unspecified atom stereocenters. The molecular formula is C12H15NO4S. The van der Waals surface area contributed by atoms with Crippen LogP contribution in [0.1, 0.15) is 13.8 Å². The number of carbonyl (C=O) groups is 1. The van der Waals surface area contributed by atoms with E-state index in [1.54, 1.807) is 25.1 Å². The van der Waals surface area contributed by atoms with Crippen LogP contribution in [0.25, 0.3) is 0 Å². The average Bonchev–Trinajstić information content (AvgIpc) is 2.28. The van der Waals surface area contributed by atoms with Gasteiger partial charge in [-0.3, -0.25) is 0 Å². The van der Waals surface area contributed by atoms with Crippen molar-refractivity contribution in [3.05, 3.63) is 42.0 Å². The molecule has 0 aliphatic rings. The number of hydrogen-bond donors (Lipinski definition) is 1. The van der Waals surface area contributed by atoms with Crippen molar-refractivity contribution in [2.45, 2.75) is 24.8 Å². The molecule has 0 saturated carbocycles. The molecule has 1 atom stereocenters. The molecular weight excluding hydrogens is 254 g/mol. The molecule has 0 aliphatic carbocycles. The minimum atomic E-state index is -4.07. The van der Waals surface area contributed by atoms with Crippen LogP contribution in [0.4, 0.5) is 0 Å². The summed E-state index contributed by atoms with van der Waals surface area (Å²) in [4.78, 5) is 11.5. The summed E-state index contributed by atoms with van der Waals surface area (Å²) in [5.41, 5.74) is 5.63. The van der Waals surface area contributed by atoms with Crippen LogP contribution in [0, 0.1) is 0 Å². The predicted octanol–water partition coefficient (Wildman–Crippen LogP) is 1.21. The standard InChI is InChI=1S/C12H15NO4S/c1-9(8-10(2)13)12(14)17-18(15,16)11-6-4-3-5-7-11/h3-8,10H,13H2,1-2H3. The lowest BCUT2D eigenvalue weighted by Crippen LogP contribution is -2.17. The van der Waals surface area contributed by atoms with Crippen molar-refractivity contribution >= 4 is 16.1 Å². The van der Waals surface area contributed by atoms with Gasteiger partial charge in [-0.15, -0.1) is 0 Å². The minimum Gasteiger partial charge on any atom is -0.338 e. The van der Waals surface area contributed by atoms with Crippen molar-refractivity contribution < 1.29 is 17.4 Å². The summed E-state index contributed by atoms with van der Waals surface area (Å²) in [6, 6.07) is 7.12. The second kappa shape index (κ2) is 5.79. The average molecular weight is 269 g/mol. The fourth-order valence-corrected chi connectivity index (χ4v) is 2.18. The van der Waals surface area contributed by atoms with Crippen LogP contribution in [0.3, 0.4) is 0 Å². The third-order valence-electron chi connectivity index (χ3n) is 2.05. The summed E-state index contributed by atoms with van der Waals surface area (Å²) in [5, 5.41) is 0. The molecule has 1 rings (SSSR count). The largest absolute Gasteiger partial charge is 0.349 e. The van der Waals surface area contributed by atoms with Crippen molar-refractivity contribution in [1.29, 1.82) is 0 Å². The molecule has 0 bridgehead atoms. The number of hydrogen-bond acceptors (Lipinski definition) is 5. The van der Waals surface area contributed by atoms with Crippen LogP contribution in [-0.4, -0.2) is 20.4 Å². The van der Waals surface area contributed by atoms with Gasteiger partial charge in [0.2, 0.25) is 0 Å². The first-order chi connectivity index (χ1) is 8.33. The van der Waals surface area contributed by atoms with Gasteiger partial charge in [0.25, 0.3) is 0 Å². The Morgan fingerprint density at radius 1 is 1.33 bits per heavy atom. The number of rotatable bonds is 4. The van der Waals surface area contributed by atoms with Gasteiger partial charge in [0.15, 0.2) is 0 Å². The Kier molecular flexibility index (Phi) is 4.63. The Morgan fingerprint density at radius 3 is 2.39 bits per heavy atom. The van der Waals surface area contributed by atoms with Crippen LogP contribution in [0.15, 0.2) is 46.9 Å². The Bertz CT molecular complexity index is 547. The zero-order chi connectivity index (χ0) is 13.8. The lowest BCUT2D eigenvalue weighted by atomic mass is 10.2. The molecule has 0 amide bonds. The summed E-state index contributed by atoms with van der Waals surface area (Å²) in [5.74, 6) is -0.920. The van der Waals surface area contributed by atoms with Crippen molar-refractivity contribution in [1.82, 2.24) is 0 Å². The second-order valence-electron chi connectivity index (χ2n) is 3.85. The van der Waals surface area contributed by atoms with Crippen molar-refractivity contribution in [2.24, 2.45) is 5.73 Å². The molecule has 0 aromatic heterocycles. The van der Waals surface area contributed by atoms with E-state index in [9.17, 15) is 13.2 Å². The predicted molar refractivity (Wildman–Crippen MR) is 67.1 cm³/mol. The highest BCUT2D eigenvalue weighted by Gasteiger charge is 2.20. The van der Waals surface area contributed by atoms with Gasteiger partial charge < -0.3 is 9.92 Å². The van der Waals surface area contributed by atoms with Crippen LogP contribution in [-0.2, 0) is 19.1 Å². The first-order valence-corrected chi connectivity index (χ1v) is 6.71. The first kappa shape index (κ1) is 14.4. The first-order valence-electron chi connectivity index (χ1n) is 5.31. The summed E-state index contributed by atoms with van der Waals surface area (Å²) < 4.78 is 28.0. The molecule has 1 aromatic carbocycles. The van der Waals surface area contributed by atoms with Crippen LogP contribution >= 0.6 is 0 Å². The smallest absolute Gasteiger partial charge is 0.338 e. The molecule has 2 N–H and O–H groups in total. The highest BCUT2D eigenvalue weighted by Crippen LogP contribution is 2.13. The summed E-state index contributed by atoms with van der Waals surface area (Å²) in [6.45, 7) is 3.12. The normalized spacial score (nSPS) is 14.1. The minimum absolute atomic E-state index is 0.0630. The second-order valence-corrected chi connectivity index (χ2v) is 5.39. The third kappa shape index (κ3) is 3.97. The van der Waals surface area contributed by atoms with Gasteiger partial charge in [0.1, 0.15) is 4.90 Å². The monoisotopic (exact) mass is 269 g/mol. The zero-order valence-corrected chi connectivity index (χ0v) is 11.0. The van der Waals surface area contributed by atoms with Crippen LogP contribution in [0.2, 0.25) is 0 Å². The highest BCUT2D eigenvalue weighted by molar-refractivity contribution is 7.87. The van der Waals surface area contributed by atoms with Gasteiger partial charge in [0, 0.05) is 11.6 Å². The number of benzene rings is 1. The maximum atomic E-state index is 11.7. The van der Waals surface area contributed by atoms with E-state index in [1.165, 1.54) is 25.1 Å². The molecule has 18 heavy (non-hydrogen) atoms. The van der Waals surface area contributed by atoms with Crippen molar-refractivity contribution in [2.75, 3.05) is 0 Å². The fraction of sp³-hybridized carbons (Fsp3) is 0.250. The summed E-state index contributed by atoms with van der Waals surface area (Å²) in [6.07, 6.45) is 1.43. The molecule has 0 heterocycles. The third-order valence-corrected chi connectivity index (χ3v) is 3.27. The molecule has 0 aliphatic heterocycles. The lowest BCUT2D eigenvalue weighted by Gasteiger charge is -2.06. The van der Waals surface area contributed by atoms with Crippen LogP contribution < -0.4 is 5.73 Å². The molecule has 0 radical (unpaired) electrons. The zero-order valence-electron chi connectivity index (χ0n) is 10.2. The lowest BCUT2D eigenvalue weighted by molar-refractivity contribution is -0.129. The van der Waals surface area contributed by atoms with E-state index in [0.29, 0.717) is 0 Å². The van der Waals surface area contributed by atoms with E-state index in [2.05, 4.69) is 4.18 Å². The highest BCUT2D eigenvalue weighted by atomic mass is 32.2. The summed E-state index contributed by atoms with van der Waals surface area (Å²) >= 11 is 0. The SMILES string of the molecule is CC(=CC(C)N)C(=O)OS(=O)(=O)c1ccccc1. The van der Waals surface area contributed by atoms with E-state index in [4.69, 9.17) is 5.73 Å². The van der Waals surface area contributed by atoms with Crippen LogP contribution in [0.5, 0.6) is 0 Å². The van der Waals surface area contributed by atoms with E-state index < -0.39 is 16.1 Å². The maximum absolute atomic E-state index is 11.7. The van der Waals surface area contributed by atoms with E-state index >= 15 is 0 Å². The van der Waals surface area contributed by atoms with Gasteiger partial charge >= 0.3 is 16.1 Å². The van der Waals surface area contributed by atoms with Gasteiger partial charge in [0.05, 0.1) is 0 Å². The van der Waals surface area contributed by atoms with Gasteiger partial charge in [-0.25, -0.2) is 4.79 Å². The molecule has 0 spiro atoms. The number of nitrogens with two attached hydrogens (primary N) is 1. The Hall–Kier alpha value is -1.66. The Labute approximate surface area is 106 Å². The molecule has 0 saturated heterocycles. The summed E-state index contributed by atoms with van der Waals surface area (Å²) in [7, 11) is -4.07. The molecule has 1 aromatic rings.